The number of nitrogens with one attached hydrogen (secondary N) is 1. The Morgan fingerprint density at radius 3 is 2.58 bits per heavy atom. The molecule has 0 amide bonds. The molecule has 5 rings (SSSR count). The van der Waals surface area contributed by atoms with Crippen LogP contribution in [0.4, 0.5) is 0 Å². The van der Waals surface area contributed by atoms with E-state index in [0.29, 0.717) is 32.9 Å². The minimum absolute atomic E-state index is 0.229. The van der Waals surface area contributed by atoms with E-state index in [1.54, 1.807) is 59.7 Å². The third-order valence-electron chi connectivity index (χ3n) is 5.73. The van der Waals surface area contributed by atoms with E-state index in [0.717, 1.165) is 10.9 Å². The second kappa shape index (κ2) is 8.15. The summed E-state index contributed by atoms with van der Waals surface area (Å²) < 4.78 is 1.75. The molecular weight excluding hydrogens is 459 g/mol. The first kappa shape index (κ1) is 21.4. The molecule has 0 spiro atoms. The summed E-state index contributed by atoms with van der Waals surface area (Å²) in [5, 5.41) is 13.8. The molecule has 2 aromatic carbocycles. The summed E-state index contributed by atoms with van der Waals surface area (Å²) >= 11 is 12.4. The lowest BCUT2D eigenvalue weighted by Crippen LogP contribution is -2.31. The van der Waals surface area contributed by atoms with Gasteiger partial charge in [0.25, 0.3) is 0 Å². The second-order valence-electron chi connectivity index (χ2n) is 7.79. The van der Waals surface area contributed by atoms with Crippen molar-refractivity contribution in [2.45, 2.75) is 5.60 Å². The molecular formula is C25H18Cl2N4O2. The van der Waals surface area contributed by atoms with Gasteiger partial charge in [-0.15, -0.1) is 0 Å². The summed E-state index contributed by atoms with van der Waals surface area (Å²) in [7, 11) is 1.81. The Morgan fingerprint density at radius 2 is 1.85 bits per heavy atom. The van der Waals surface area contributed by atoms with Gasteiger partial charge in [-0.05, 0) is 58.7 Å². The molecule has 3 aromatic heterocycles. The number of imidazole rings is 1. The van der Waals surface area contributed by atoms with Crippen LogP contribution in [0, 0.1) is 0 Å². The van der Waals surface area contributed by atoms with Gasteiger partial charge in [0.2, 0.25) is 5.56 Å². The van der Waals surface area contributed by atoms with E-state index in [9.17, 15) is 9.90 Å². The molecule has 0 saturated heterocycles. The molecule has 2 N–H and O–H groups in total. The van der Waals surface area contributed by atoms with Crippen LogP contribution < -0.4 is 5.56 Å². The van der Waals surface area contributed by atoms with Gasteiger partial charge in [0.15, 0.2) is 5.60 Å². The quantitative estimate of drug-likeness (QED) is 0.360. The summed E-state index contributed by atoms with van der Waals surface area (Å²) in [6.07, 6.45) is 4.79. The first-order valence-corrected chi connectivity index (χ1v) is 10.9. The maximum Gasteiger partial charge on any atom is 0.249 e. The van der Waals surface area contributed by atoms with Crippen molar-refractivity contribution >= 4 is 34.1 Å². The van der Waals surface area contributed by atoms with Crippen LogP contribution >= 0.6 is 23.2 Å². The molecule has 0 aliphatic carbocycles. The largest absolute Gasteiger partial charge is 0.374 e. The smallest absolute Gasteiger partial charge is 0.249 e. The standard InChI is InChI=1S/C25H18Cl2N4O2/c1-31-14-28-13-22(31)25(33,17-7-8-29-23(27)11-17)16-5-6-21-20(10-16)19(12-24(32)30-21)15-3-2-4-18(26)9-15/h2-14,33H,1H3,(H,30,32). The Hall–Kier alpha value is -3.45. The molecule has 5 aromatic rings. The molecule has 6 nitrogen and oxygen atoms in total. The van der Waals surface area contributed by atoms with Crippen molar-refractivity contribution in [1.29, 1.82) is 0 Å². The van der Waals surface area contributed by atoms with Crippen molar-refractivity contribution in [3.8, 4) is 11.1 Å². The fourth-order valence-electron chi connectivity index (χ4n) is 4.17. The summed E-state index contributed by atoms with van der Waals surface area (Å²) in [6.45, 7) is 0. The lowest BCUT2D eigenvalue weighted by atomic mass is 9.83. The molecule has 0 radical (unpaired) electrons. The molecule has 0 saturated carbocycles. The molecule has 1 atom stereocenters. The zero-order valence-electron chi connectivity index (χ0n) is 17.5. The molecule has 3 heterocycles. The van der Waals surface area contributed by atoms with E-state index in [-0.39, 0.29) is 10.7 Å². The van der Waals surface area contributed by atoms with Crippen molar-refractivity contribution in [3.63, 3.8) is 0 Å². The van der Waals surface area contributed by atoms with Gasteiger partial charge >= 0.3 is 0 Å². The maximum atomic E-state index is 12.4. The number of hydrogen-bond donors (Lipinski definition) is 2. The van der Waals surface area contributed by atoms with Crippen LogP contribution in [-0.4, -0.2) is 24.6 Å². The predicted octanol–water partition coefficient (Wildman–Crippen LogP) is 4.91. The van der Waals surface area contributed by atoms with Crippen LogP contribution in [0.1, 0.15) is 16.8 Å². The second-order valence-corrected chi connectivity index (χ2v) is 8.61. The summed E-state index contributed by atoms with van der Waals surface area (Å²) in [5.41, 5.74) is 2.01. The molecule has 0 bridgehead atoms. The summed E-state index contributed by atoms with van der Waals surface area (Å²) in [5.74, 6) is 0. The van der Waals surface area contributed by atoms with Crippen molar-refractivity contribution < 1.29 is 5.11 Å². The van der Waals surface area contributed by atoms with Gasteiger partial charge in [-0.1, -0.05) is 41.4 Å². The Bertz CT molecular complexity index is 1560. The Labute approximate surface area is 199 Å². The Morgan fingerprint density at radius 1 is 1.03 bits per heavy atom. The highest BCUT2D eigenvalue weighted by Gasteiger charge is 2.37. The number of pyridine rings is 2. The van der Waals surface area contributed by atoms with Crippen LogP contribution in [0.15, 0.2) is 84.2 Å². The number of benzene rings is 2. The number of fused-ring (bicyclic) bond motifs is 1. The number of H-pyrrole nitrogens is 1. The molecule has 1 unspecified atom stereocenters. The zero-order valence-corrected chi connectivity index (χ0v) is 19.0. The van der Waals surface area contributed by atoms with Gasteiger partial charge in [-0.25, -0.2) is 9.97 Å². The molecule has 0 aliphatic heterocycles. The first-order chi connectivity index (χ1) is 15.9. The number of aromatic amines is 1. The SMILES string of the molecule is Cn1cncc1C(O)(c1ccnc(Cl)c1)c1ccc2[nH]c(=O)cc(-c3cccc(Cl)c3)c2c1. The van der Waals surface area contributed by atoms with Crippen molar-refractivity contribution in [1.82, 2.24) is 19.5 Å². The number of halogens is 2. The fourth-order valence-corrected chi connectivity index (χ4v) is 4.53. The molecule has 0 fully saturated rings. The van der Waals surface area contributed by atoms with E-state index >= 15 is 0 Å². The van der Waals surface area contributed by atoms with Crippen LogP contribution in [0.25, 0.3) is 22.0 Å². The highest BCUT2D eigenvalue weighted by Crippen LogP contribution is 2.39. The average Bonchev–Trinajstić information content (AvgIpc) is 3.24. The van der Waals surface area contributed by atoms with Crippen LogP contribution in [-0.2, 0) is 12.6 Å². The zero-order chi connectivity index (χ0) is 23.2. The topological polar surface area (TPSA) is 83.8 Å². The van der Waals surface area contributed by atoms with E-state index < -0.39 is 5.60 Å². The number of aryl methyl sites for hydroxylation is 1. The van der Waals surface area contributed by atoms with Gasteiger partial charge in [0.1, 0.15) is 5.15 Å². The van der Waals surface area contributed by atoms with E-state index in [2.05, 4.69) is 15.0 Å². The average molecular weight is 477 g/mol. The Balaban J connectivity index is 1.82. The predicted molar refractivity (Wildman–Crippen MR) is 130 cm³/mol. The lowest BCUT2D eigenvalue weighted by Gasteiger charge is -2.30. The number of rotatable bonds is 4. The number of hydrogen-bond acceptors (Lipinski definition) is 4. The molecule has 33 heavy (non-hydrogen) atoms. The van der Waals surface area contributed by atoms with Crippen LogP contribution in [0.3, 0.4) is 0 Å². The van der Waals surface area contributed by atoms with E-state index in [4.69, 9.17) is 23.2 Å². The van der Waals surface area contributed by atoms with Crippen molar-refractivity contribution in [3.05, 3.63) is 117 Å². The third-order valence-corrected chi connectivity index (χ3v) is 6.17. The van der Waals surface area contributed by atoms with Gasteiger partial charge in [0.05, 0.1) is 18.2 Å². The van der Waals surface area contributed by atoms with Crippen molar-refractivity contribution in [2.24, 2.45) is 7.05 Å². The van der Waals surface area contributed by atoms with Crippen molar-refractivity contribution in [2.75, 3.05) is 0 Å². The number of nitrogens with zero attached hydrogens (tertiary/aromatic N) is 3. The van der Waals surface area contributed by atoms with Gasteiger partial charge in [0, 0.05) is 35.2 Å². The Kier molecular flexibility index (Phi) is 5.29. The minimum atomic E-state index is -1.58. The number of aromatic nitrogens is 4. The minimum Gasteiger partial charge on any atom is -0.374 e. The highest BCUT2D eigenvalue weighted by atomic mass is 35.5. The normalized spacial score (nSPS) is 13.2. The summed E-state index contributed by atoms with van der Waals surface area (Å²) in [6, 6.07) is 17.6. The third kappa shape index (κ3) is 3.72. The number of aliphatic hydroxyl groups is 1. The fraction of sp³-hybridized carbons (Fsp3) is 0.0800. The first-order valence-electron chi connectivity index (χ1n) is 10.1. The van der Waals surface area contributed by atoms with E-state index in [1.165, 1.54) is 6.07 Å². The lowest BCUT2D eigenvalue weighted by molar-refractivity contribution is 0.117. The van der Waals surface area contributed by atoms with E-state index in [1.807, 2.05) is 25.2 Å². The molecule has 164 valence electrons. The van der Waals surface area contributed by atoms with Gasteiger partial charge in [-0.2, -0.15) is 0 Å². The summed E-state index contributed by atoms with van der Waals surface area (Å²) in [4.78, 5) is 23.5. The van der Waals surface area contributed by atoms with Crippen LogP contribution in [0.2, 0.25) is 10.2 Å². The van der Waals surface area contributed by atoms with Crippen LogP contribution in [0.5, 0.6) is 0 Å². The molecule has 0 aliphatic rings. The maximum absolute atomic E-state index is 12.4. The molecule has 8 heteroatoms. The van der Waals surface area contributed by atoms with Gasteiger partial charge < -0.3 is 14.7 Å². The highest BCUT2D eigenvalue weighted by molar-refractivity contribution is 6.31. The van der Waals surface area contributed by atoms with Gasteiger partial charge in [-0.3, -0.25) is 4.79 Å². The monoisotopic (exact) mass is 476 g/mol.